The zero-order valence-corrected chi connectivity index (χ0v) is 20.1. The number of aliphatic carboxylic acids is 1. The molecule has 0 bridgehead atoms. The normalized spacial score (nSPS) is 10.1. The second-order valence-corrected chi connectivity index (χ2v) is 4.40. The van der Waals surface area contributed by atoms with Crippen molar-refractivity contribution in [2.75, 3.05) is 14.2 Å². The number of carboxylic acids is 1. The number of nitrogens with zero attached hydrogens (tertiary/aromatic N) is 1. The van der Waals surface area contributed by atoms with E-state index in [1.165, 1.54) is 0 Å². The molecule has 0 saturated heterocycles. The fraction of sp³-hybridized carbons (Fsp3) is 0.364. The minimum atomic E-state index is -1.05. The molecule has 0 aliphatic carbocycles. The van der Waals surface area contributed by atoms with Gasteiger partial charge < -0.3 is 19.2 Å². The largest absolute Gasteiger partial charge is 1.00 e. The van der Waals surface area contributed by atoms with Crippen LogP contribution in [0.3, 0.4) is 0 Å². The Morgan fingerprint density at radius 1 is 1.37 bits per heavy atom. The van der Waals surface area contributed by atoms with Gasteiger partial charge in [0.1, 0.15) is 0 Å². The molecule has 5 nitrogen and oxygen atoms in total. The summed E-state index contributed by atoms with van der Waals surface area (Å²) in [4.78, 5) is 9.00. The maximum atomic E-state index is 9.00. The molecule has 0 saturated carbocycles. The van der Waals surface area contributed by atoms with Gasteiger partial charge in [-0.1, -0.05) is 30.3 Å². The monoisotopic (exact) mass is 530 g/mol. The molecular weight excluding hydrogens is 513 g/mol. The molecule has 8 heteroatoms. The van der Waals surface area contributed by atoms with E-state index in [4.69, 9.17) is 18.9 Å². The number of carboxylic acid groups (broad SMARTS) is 1. The molecule has 1 rings (SSSR count). The van der Waals surface area contributed by atoms with E-state index in [2.05, 4.69) is 5.09 Å². The van der Waals surface area contributed by atoms with Gasteiger partial charge in [-0.2, -0.15) is 7.05 Å². The SMILES string of the molecule is CC(=O)O.C[N-]P(OC)OCc1ccccc1.[Rb+].[Re]. The van der Waals surface area contributed by atoms with Crippen molar-refractivity contribution in [3.05, 3.63) is 41.0 Å². The van der Waals surface area contributed by atoms with Crippen molar-refractivity contribution in [3.63, 3.8) is 0 Å². The maximum Gasteiger partial charge on any atom is 1.00 e. The third-order valence-corrected chi connectivity index (χ3v) is 2.49. The Balaban J connectivity index is -0.000000379. The molecule has 0 aromatic heterocycles. The second-order valence-electron chi connectivity index (χ2n) is 2.90. The predicted octanol–water partition coefficient (Wildman–Crippen LogP) is 0.172. The van der Waals surface area contributed by atoms with Crippen LogP contribution in [0.2, 0.25) is 0 Å². The molecule has 1 aromatic carbocycles. The Labute approximate surface area is 178 Å². The van der Waals surface area contributed by atoms with Gasteiger partial charge in [-0.3, -0.25) is 4.79 Å². The number of rotatable bonds is 5. The van der Waals surface area contributed by atoms with Crippen LogP contribution in [0.4, 0.5) is 0 Å². The molecule has 1 unspecified atom stereocenters. The molecule has 1 N–H and O–H groups in total. The summed E-state index contributed by atoms with van der Waals surface area (Å²) in [6.07, 6.45) is 0. The van der Waals surface area contributed by atoms with Crippen molar-refractivity contribution >= 4 is 14.5 Å². The maximum absolute atomic E-state index is 9.00. The van der Waals surface area contributed by atoms with Crippen molar-refractivity contribution < 1.29 is 97.6 Å². The standard InChI is InChI=1S/C9H13NO2P.C2H4O2.Rb.Re/c1-10-13(11-2)12-8-9-6-4-3-5-7-9;1-2(3)4;;/h3-7H,8H2,1-2H3;1H3,(H,3,4);;/q-1;;+1;. The van der Waals surface area contributed by atoms with Gasteiger partial charge in [-0.15, -0.1) is 0 Å². The first kappa shape index (κ1) is 25.4. The Bertz CT molecular complexity index is 311. The molecule has 0 spiro atoms. The Morgan fingerprint density at radius 3 is 2.21 bits per heavy atom. The molecule has 0 aliphatic rings. The molecule has 1 aromatic rings. The molecule has 1 radical (unpaired) electrons. The van der Waals surface area contributed by atoms with E-state index in [0.717, 1.165) is 12.5 Å². The fourth-order valence-electron chi connectivity index (χ4n) is 0.896. The van der Waals surface area contributed by atoms with Gasteiger partial charge in [0.25, 0.3) is 5.97 Å². The van der Waals surface area contributed by atoms with Crippen molar-refractivity contribution in [1.29, 1.82) is 0 Å². The van der Waals surface area contributed by atoms with E-state index in [-0.39, 0.29) is 78.6 Å². The van der Waals surface area contributed by atoms with Crippen molar-refractivity contribution in [1.82, 2.24) is 0 Å². The summed E-state index contributed by atoms with van der Waals surface area (Å²) in [6.45, 7) is 1.64. The first-order chi connectivity index (χ1) is 8.10. The van der Waals surface area contributed by atoms with Crippen LogP contribution in [0.1, 0.15) is 12.5 Å². The minimum absolute atomic E-state index is 0. The average Bonchev–Trinajstić information content (AvgIpc) is 2.31. The topological polar surface area (TPSA) is 69.9 Å². The number of hydrogen-bond acceptors (Lipinski definition) is 3. The smallest absolute Gasteiger partial charge is 0.591 e. The molecule has 19 heavy (non-hydrogen) atoms. The minimum Gasteiger partial charge on any atom is -0.591 e. The van der Waals surface area contributed by atoms with Gasteiger partial charge in [-0.05, 0) is 5.56 Å². The summed E-state index contributed by atoms with van der Waals surface area (Å²) in [5, 5.41) is 11.4. The second kappa shape index (κ2) is 17.5. The third-order valence-electron chi connectivity index (χ3n) is 1.50. The van der Waals surface area contributed by atoms with Gasteiger partial charge in [0.05, 0.1) is 15.1 Å². The summed E-state index contributed by atoms with van der Waals surface area (Å²) in [5.41, 5.74) is 1.13. The summed E-state index contributed by atoms with van der Waals surface area (Å²) in [6, 6.07) is 9.97. The number of benzene rings is 1. The predicted molar refractivity (Wildman–Crippen MR) is 67.8 cm³/mol. The van der Waals surface area contributed by atoms with Crippen molar-refractivity contribution in [2.45, 2.75) is 13.5 Å². The van der Waals surface area contributed by atoms with E-state index < -0.39 is 14.5 Å². The van der Waals surface area contributed by atoms with E-state index in [0.29, 0.717) is 6.61 Å². The Hall–Kier alpha value is 1.47. The first-order valence-electron chi connectivity index (χ1n) is 4.90. The molecule has 0 aliphatic heterocycles. The van der Waals surface area contributed by atoms with Gasteiger partial charge in [0.15, 0.2) is 0 Å². The van der Waals surface area contributed by atoms with E-state index in [9.17, 15) is 0 Å². The van der Waals surface area contributed by atoms with Crippen LogP contribution in [-0.4, -0.2) is 25.2 Å². The van der Waals surface area contributed by atoms with E-state index in [1.807, 2.05) is 30.3 Å². The Kier molecular flexibility index (Phi) is 23.4. The average molecular weight is 530 g/mol. The summed E-state index contributed by atoms with van der Waals surface area (Å²) in [5.74, 6) is -0.833. The molecular formula is C11H17NO4PRbRe. The quantitative estimate of drug-likeness (QED) is 0.553. The van der Waals surface area contributed by atoms with Crippen LogP contribution in [0, 0.1) is 0 Å². The zero-order valence-electron chi connectivity index (χ0n) is 11.5. The number of carbonyl (C=O) groups is 1. The molecule has 0 amide bonds. The van der Waals surface area contributed by atoms with E-state index >= 15 is 0 Å². The van der Waals surface area contributed by atoms with Gasteiger partial charge in [0, 0.05) is 34.5 Å². The van der Waals surface area contributed by atoms with Crippen LogP contribution in [0.5, 0.6) is 0 Å². The summed E-state index contributed by atoms with van der Waals surface area (Å²) < 4.78 is 10.4. The van der Waals surface area contributed by atoms with Gasteiger partial charge in [-0.25, -0.2) is 0 Å². The van der Waals surface area contributed by atoms with Crippen LogP contribution < -0.4 is 58.2 Å². The molecule has 0 heterocycles. The van der Waals surface area contributed by atoms with Crippen LogP contribution in [0.25, 0.3) is 5.09 Å². The van der Waals surface area contributed by atoms with Crippen LogP contribution in [0.15, 0.2) is 30.3 Å². The first-order valence-corrected chi connectivity index (χ1v) is 6.03. The summed E-state index contributed by atoms with van der Waals surface area (Å²) in [7, 11) is 2.24. The summed E-state index contributed by atoms with van der Waals surface area (Å²) >= 11 is 0. The Morgan fingerprint density at radius 2 is 1.84 bits per heavy atom. The van der Waals surface area contributed by atoms with E-state index in [1.54, 1.807) is 14.2 Å². The molecule has 0 fully saturated rings. The van der Waals surface area contributed by atoms with Crippen molar-refractivity contribution in [3.8, 4) is 0 Å². The zero-order chi connectivity index (χ0) is 13.1. The molecule has 1 atom stereocenters. The van der Waals surface area contributed by atoms with Gasteiger partial charge >= 0.3 is 58.2 Å². The number of hydrogen-bond donors (Lipinski definition) is 1. The van der Waals surface area contributed by atoms with Gasteiger partial charge in [0.2, 0.25) is 0 Å². The molecule has 103 valence electrons. The van der Waals surface area contributed by atoms with Crippen molar-refractivity contribution in [2.24, 2.45) is 0 Å². The van der Waals surface area contributed by atoms with Crippen LogP contribution >= 0.6 is 8.53 Å². The fourth-order valence-corrected chi connectivity index (χ4v) is 1.54. The third kappa shape index (κ3) is 17.4. The van der Waals surface area contributed by atoms with Crippen LogP contribution in [-0.2, 0) is 40.9 Å².